The van der Waals surface area contributed by atoms with Gasteiger partial charge in [-0.25, -0.2) is 0 Å². The van der Waals surface area contributed by atoms with Gasteiger partial charge in [0, 0.05) is 11.7 Å². The first-order chi connectivity index (χ1) is 16.9. The van der Waals surface area contributed by atoms with Gasteiger partial charge in [0.05, 0.1) is 0 Å². The zero-order valence-electron chi connectivity index (χ0n) is 19.3. The number of nitrogens with zero attached hydrogens (tertiary/aromatic N) is 2. The lowest BCUT2D eigenvalue weighted by molar-refractivity contribution is -0.123. The summed E-state index contributed by atoms with van der Waals surface area (Å²) in [4.78, 5) is 29.1. The first-order valence-corrected chi connectivity index (χ1v) is 13.2. The quantitative estimate of drug-likeness (QED) is 0.361. The van der Waals surface area contributed by atoms with Gasteiger partial charge in [-0.2, -0.15) is 4.37 Å². The Morgan fingerprint density at radius 2 is 1.74 bits per heavy atom. The molecule has 0 spiro atoms. The minimum absolute atomic E-state index is 0.00419. The number of aryl methyl sites for hydroxylation is 1. The molecule has 1 aliphatic carbocycles. The summed E-state index contributed by atoms with van der Waals surface area (Å²) in [5.41, 5.74) is 2.19. The zero-order valence-corrected chi connectivity index (χ0v) is 21.7. The molecule has 0 saturated heterocycles. The smallest absolute Gasteiger partial charge is 0.280 e. The highest BCUT2D eigenvalue weighted by Gasteiger charge is 2.36. The molecule has 0 radical (unpaired) electrons. The predicted octanol–water partition coefficient (Wildman–Crippen LogP) is 6.55. The Kier molecular flexibility index (Phi) is 8.31. The van der Waals surface area contributed by atoms with Gasteiger partial charge < -0.3 is 10.4 Å². The number of rotatable bonds is 7. The van der Waals surface area contributed by atoms with E-state index in [9.17, 15) is 14.7 Å². The molecule has 1 unspecified atom stereocenters. The average Bonchev–Trinajstić information content (AvgIpc) is 3.21. The first-order valence-electron chi connectivity index (χ1n) is 11.7. The van der Waals surface area contributed by atoms with Crippen molar-refractivity contribution < 1.29 is 14.7 Å². The minimum Gasteiger partial charge on any atom is -0.508 e. The van der Waals surface area contributed by atoms with Crippen molar-refractivity contribution in [1.82, 2.24) is 9.69 Å². The Morgan fingerprint density at radius 3 is 2.31 bits per heavy atom. The minimum atomic E-state index is -1.01. The van der Waals surface area contributed by atoms with Crippen LogP contribution in [0.5, 0.6) is 5.75 Å². The molecule has 2 amide bonds. The molecule has 1 aliphatic rings. The highest BCUT2D eigenvalue weighted by molar-refractivity contribution is 7.11. The van der Waals surface area contributed by atoms with Crippen molar-refractivity contribution in [2.24, 2.45) is 0 Å². The highest BCUT2D eigenvalue weighted by Crippen LogP contribution is 2.35. The second-order valence-electron chi connectivity index (χ2n) is 8.65. The number of phenolic OH excluding ortho intramolecular Hbond substituents is 1. The van der Waals surface area contributed by atoms with Crippen LogP contribution in [0.25, 0.3) is 0 Å². The van der Waals surface area contributed by atoms with Crippen LogP contribution in [0.3, 0.4) is 0 Å². The molecule has 6 nitrogen and oxygen atoms in total. The molecule has 0 aliphatic heterocycles. The van der Waals surface area contributed by atoms with Crippen LogP contribution in [0.2, 0.25) is 9.36 Å². The summed E-state index contributed by atoms with van der Waals surface area (Å²) in [5, 5.41) is 13.1. The van der Waals surface area contributed by atoms with Crippen LogP contribution in [0.15, 0.2) is 48.5 Å². The summed E-state index contributed by atoms with van der Waals surface area (Å²) < 4.78 is 4.39. The number of benzene rings is 2. The van der Waals surface area contributed by atoms with Gasteiger partial charge in [0.15, 0.2) is 5.69 Å². The Hall–Kier alpha value is -2.61. The molecule has 2 N–H and O–H groups in total. The van der Waals surface area contributed by atoms with Gasteiger partial charge in [0.2, 0.25) is 5.91 Å². The fourth-order valence-corrected chi connectivity index (χ4v) is 5.37. The van der Waals surface area contributed by atoms with Gasteiger partial charge in [-0.05, 0) is 66.2 Å². The molecule has 35 heavy (non-hydrogen) atoms. The summed E-state index contributed by atoms with van der Waals surface area (Å²) in [6, 6.07) is 12.8. The van der Waals surface area contributed by atoms with E-state index in [0.717, 1.165) is 55.6 Å². The first kappa shape index (κ1) is 25.5. The molecule has 1 atom stereocenters. The maximum Gasteiger partial charge on any atom is 0.280 e. The van der Waals surface area contributed by atoms with E-state index in [1.54, 1.807) is 12.1 Å². The van der Waals surface area contributed by atoms with Crippen molar-refractivity contribution in [3.63, 3.8) is 0 Å². The molecule has 1 aromatic heterocycles. The van der Waals surface area contributed by atoms with Crippen molar-refractivity contribution in [2.45, 2.75) is 57.5 Å². The number of aromatic hydroxyl groups is 1. The number of nitrogens with one attached hydrogen (secondary N) is 1. The van der Waals surface area contributed by atoms with Crippen molar-refractivity contribution in [3.05, 3.63) is 74.7 Å². The number of carbonyl (C=O) groups excluding carboxylic acids is 2. The number of phenols is 1. The van der Waals surface area contributed by atoms with Gasteiger partial charge in [0.25, 0.3) is 5.91 Å². The molecule has 184 valence electrons. The van der Waals surface area contributed by atoms with E-state index in [2.05, 4.69) is 9.69 Å². The molecule has 9 heteroatoms. The van der Waals surface area contributed by atoms with Crippen LogP contribution in [0.1, 0.15) is 66.7 Å². The Labute approximate surface area is 219 Å². The third kappa shape index (κ3) is 5.80. The standard InChI is InChI=1S/C26H27Cl2N3O3S/c1-2-16-8-12-19(13-9-16)31(26(34)22-21(27)24(28)35-30-22)23(17-10-14-20(32)15-11-17)25(33)29-18-6-4-3-5-7-18/h8-15,18,23,32H,2-7H2,1H3,(H,29,33). The molecule has 4 rings (SSSR count). The second-order valence-corrected chi connectivity index (χ2v) is 10.4. The molecule has 1 fully saturated rings. The van der Waals surface area contributed by atoms with Gasteiger partial charge in [-0.15, -0.1) is 0 Å². The molecule has 1 heterocycles. The van der Waals surface area contributed by atoms with Crippen LogP contribution < -0.4 is 10.2 Å². The van der Waals surface area contributed by atoms with E-state index in [4.69, 9.17) is 23.2 Å². The largest absolute Gasteiger partial charge is 0.508 e. The van der Waals surface area contributed by atoms with Crippen LogP contribution in [-0.2, 0) is 11.2 Å². The Morgan fingerprint density at radius 1 is 1.09 bits per heavy atom. The van der Waals surface area contributed by atoms with Crippen molar-refractivity contribution in [3.8, 4) is 5.75 Å². The van der Waals surface area contributed by atoms with Gasteiger partial charge in [-0.1, -0.05) is 73.7 Å². The predicted molar refractivity (Wildman–Crippen MR) is 141 cm³/mol. The lowest BCUT2D eigenvalue weighted by atomic mass is 9.94. The highest BCUT2D eigenvalue weighted by atomic mass is 35.5. The van der Waals surface area contributed by atoms with Gasteiger partial charge in [0.1, 0.15) is 21.2 Å². The van der Waals surface area contributed by atoms with Crippen LogP contribution in [0, 0.1) is 0 Å². The van der Waals surface area contributed by atoms with Crippen LogP contribution in [-0.4, -0.2) is 27.3 Å². The van der Waals surface area contributed by atoms with E-state index >= 15 is 0 Å². The molecule has 2 aromatic carbocycles. The van der Waals surface area contributed by atoms with Gasteiger partial charge >= 0.3 is 0 Å². The molecule has 0 bridgehead atoms. The number of halogens is 2. The van der Waals surface area contributed by atoms with E-state index in [1.807, 2.05) is 31.2 Å². The summed E-state index contributed by atoms with van der Waals surface area (Å²) in [6.45, 7) is 2.05. The third-order valence-electron chi connectivity index (χ3n) is 6.31. The summed E-state index contributed by atoms with van der Waals surface area (Å²) >= 11 is 13.4. The lowest BCUT2D eigenvalue weighted by Crippen LogP contribution is -2.47. The summed E-state index contributed by atoms with van der Waals surface area (Å²) in [7, 11) is 0. The van der Waals surface area contributed by atoms with Gasteiger partial charge in [-0.3, -0.25) is 14.5 Å². The number of carbonyl (C=O) groups is 2. The second kappa shape index (κ2) is 11.4. The molecular weight excluding hydrogens is 505 g/mol. The van der Waals surface area contributed by atoms with Crippen molar-refractivity contribution >= 4 is 52.2 Å². The van der Waals surface area contributed by atoms with E-state index in [0.29, 0.717) is 11.3 Å². The fraction of sp³-hybridized carbons (Fsp3) is 0.346. The molecule has 1 saturated carbocycles. The number of hydrogen-bond acceptors (Lipinski definition) is 5. The summed E-state index contributed by atoms with van der Waals surface area (Å²) in [6.07, 6.45) is 5.92. The normalized spacial score (nSPS) is 14.9. The van der Waals surface area contributed by atoms with Crippen molar-refractivity contribution in [1.29, 1.82) is 0 Å². The maximum atomic E-state index is 13.9. The van der Waals surface area contributed by atoms with E-state index in [-0.39, 0.29) is 32.8 Å². The van der Waals surface area contributed by atoms with E-state index in [1.165, 1.54) is 17.0 Å². The van der Waals surface area contributed by atoms with Crippen LogP contribution in [0.4, 0.5) is 5.69 Å². The Balaban J connectivity index is 1.81. The number of hydrogen-bond donors (Lipinski definition) is 2. The monoisotopic (exact) mass is 531 g/mol. The average molecular weight is 532 g/mol. The Bertz CT molecular complexity index is 1180. The summed E-state index contributed by atoms with van der Waals surface area (Å²) in [5.74, 6) is -0.757. The zero-order chi connectivity index (χ0) is 24.9. The fourth-order valence-electron chi connectivity index (χ4n) is 4.38. The maximum absolute atomic E-state index is 13.9. The number of anilines is 1. The third-order valence-corrected chi connectivity index (χ3v) is 7.92. The van der Waals surface area contributed by atoms with Crippen LogP contribution >= 0.6 is 34.7 Å². The topological polar surface area (TPSA) is 82.5 Å². The molecular formula is C26H27Cl2N3O3S. The molecule has 3 aromatic rings. The lowest BCUT2D eigenvalue weighted by Gasteiger charge is -2.33. The van der Waals surface area contributed by atoms with Crippen molar-refractivity contribution in [2.75, 3.05) is 4.90 Å². The number of amides is 2. The SMILES string of the molecule is CCc1ccc(N(C(=O)c2nsc(Cl)c2Cl)C(C(=O)NC2CCCCC2)c2ccc(O)cc2)cc1. The van der Waals surface area contributed by atoms with E-state index < -0.39 is 11.9 Å². The number of aromatic nitrogens is 1.